The van der Waals surface area contributed by atoms with Gasteiger partial charge in [-0.3, -0.25) is 19.1 Å². The van der Waals surface area contributed by atoms with Crippen LogP contribution < -0.4 is 15.4 Å². The lowest BCUT2D eigenvalue weighted by molar-refractivity contribution is -0.139. The first-order valence-corrected chi connectivity index (χ1v) is 15.1. The molecule has 0 radical (unpaired) electrons. The third-order valence-electron chi connectivity index (χ3n) is 6.38. The first-order valence-electron chi connectivity index (χ1n) is 13.5. The fourth-order valence-corrected chi connectivity index (χ4v) is 5.52. The van der Waals surface area contributed by atoms with Gasteiger partial charge < -0.3 is 20.3 Å². The third kappa shape index (κ3) is 10.3. The number of unbranched alkanes of at least 4 members (excludes halogenated alkanes) is 3. The van der Waals surface area contributed by atoms with Crippen molar-refractivity contribution >= 4 is 33.8 Å². The van der Waals surface area contributed by atoms with Gasteiger partial charge >= 0.3 is 6.09 Å². The molecule has 12 heteroatoms. The Bertz CT molecular complexity index is 986. The van der Waals surface area contributed by atoms with Crippen molar-refractivity contribution in [1.82, 2.24) is 20.3 Å². The molecule has 216 valence electrons. The lowest BCUT2D eigenvalue weighted by Crippen LogP contribution is -2.56. The smallest absolute Gasteiger partial charge is 0.408 e. The number of amides is 4. The Kier molecular flexibility index (Phi) is 11.6. The van der Waals surface area contributed by atoms with E-state index in [1.807, 2.05) is 12.2 Å². The summed E-state index contributed by atoms with van der Waals surface area (Å²) in [6, 6.07) is -1.96. The minimum atomic E-state index is -3.80. The molecule has 3 N–H and O–H groups in total. The summed E-state index contributed by atoms with van der Waals surface area (Å²) in [5.41, 5.74) is -0.715. The van der Waals surface area contributed by atoms with Crippen LogP contribution in [0.2, 0.25) is 0 Å². The van der Waals surface area contributed by atoms with Gasteiger partial charge in [0, 0.05) is 12.5 Å². The van der Waals surface area contributed by atoms with Gasteiger partial charge in [0.15, 0.2) is 0 Å². The number of carbonyl (C=O) groups excluding carboxylic acids is 4. The van der Waals surface area contributed by atoms with E-state index in [2.05, 4.69) is 22.3 Å². The van der Waals surface area contributed by atoms with Crippen LogP contribution in [0.4, 0.5) is 4.79 Å². The van der Waals surface area contributed by atoms with Crippen LogP contribution in [-0.4, -0.2) is 73.2 Å². The second kappa shape index (κ2) is 14.0. The molecule has 0 aromatic heterocycles. The Labute approximate surface area is 226 Å². The Hall–Kier alpha value is -2.63. The van der Waals surface area contributed by atoms with Gasteiger partial charge in [0.25, 0.3) is 5.91 Å². The second-order valence-corrected chi connectivity index (χ2v) is 13.0. The van der Waals surface area contributed by atoms with Crippen molar-refractivity contribution in [2.45, 2.75) is 109 Å². The first kappa shape index (κ1) is 31.6. The molecule has 1 aliphatic carbocycles. The third-order valence-corrected chi connectivity index (χ3v) is 8.22. The van der Waals surface area contributed by atoms with Gasteiger partial charge in [0.2, 0.25) is 21.8 Å². The van der Waals surface area contributed by atoms with Crippen LogP contribution in [0, 0.1) is 5.92 Å². The SMILES string of the molecule is CCCCC/C=C\C(C)C(NC(=O)[C@@H]1CCCN1C(=O)CNC(=O)OC(C)(C)C)C(=O)NS(=O)(=O)C1CC1. The average Bonchev–Trinajstić information content (AvgIpc) is 3.57. The molecule has 1 aliphatic heterocycles. The van der Waals surface area contributed by atoms with E-state index in [1.54, 1.807) is 27.7 Å². The highest BCUT2D eigenvalue weighted by atomic mass is 32.2. The molecule has 0 aromatic rings. The second-order valence-electron chi connectivity index (χ2n) is 11.1. The van der Waals surface area contributed by atoms with Gasteiger partial charge in [-0.05, 0) is 59.3 Å². The zero-order valence-electron chi connectivity index (χ0n) is 23.2. The summed E-state index contributed by atoms with van der Waals surface area (Å²) in [7, 11) is -3.80. The van der Waals surface area contributed by atoms with Crippen LogP contribution in [-0.2, 0) is 29.1 Å². The zero-order valence-corrected chi connectivity index (χ0v) is 24.1. The van der Waals surface area contributed by atoms with Crippen molar-refractivity contribution in [2.75, 3.05) is 13.1 Å². The highest BCUT2D eigenvalue weighted by molar-refractivity contribution is 7.90. The van der Waals surface area contributed by atoms with Gasteiger partial charge in [-0.15, -0.1) is 0 Å². The van der Waals surface area contributed by atoms with Crippen molar-refractivity contribution in [1.29, 1.82) is 0 Å². The van der Waals surface area contributed by atoms with Crippen LogP contribution in [0.1, 0.15) is 86.0 Å². The lowest BCUT2D eigenvalue weighted by atomic mass is 9.99. The molecule has 4 amide bonds. The molecule has 38 heavy (non-hydrogen) atoms. The molecule has 2 fully saturated rings. The first-order chi connectivity index (χ1) is 17.7. The molecule has 0 spiro atoms. The molecule has 2 rings (SSSR count). The van der Waals surface area contributed by atoms with E-state index in [1.165, 1.54) is 4.90 Å². The normalized spacial score (nSPS) is 19.6. The molecule has 1 saturated heterocycles. The summed E-state index contributed by atoms with van der Waals surface area (Å²) in [5, 5.41) is 4.53. The number of sulfonamides is 1. The zero-order chi connectivity index (χ0) is 28.5. The molecular formula is C26H44N4O7S. The number of ether oxygens (including phenoxy) is 1. The van der Waals surface area contributed by atoms with Crippen molar-refractivity contribution in [3.8, 4) is 0 Å². The van der Waals surface area contributed by atoms with Crippen molar-refractivity contribution in [2.24, 2.45) is 5.92 Å². The van der Waals surface area contributed by atoms with Gasteiger partial charge in [0.05, 0.1) is 5.25 Å². The highest BCUT2D eigenvalue weighted by Crippen LogP contribution is 2.27. The predicted octanol–water partition coefficient (Wildman–Crippen LogP) is 2.37. The van der Waals surface area contributed by atoms with E-state index in [-0.39, 0.29) is 6.54 Å². The average molecular weight is 557 g/mol. The van der Waals surface area contributed by atoms with E-state index < -0.39 is 62.7 Å². The molecular weight excluding hydrogens is 512 g/mol. The largest absolute Gasteiger partial charge is 0.444 e. The number of nitrogens with zero attached hydrogens (tertiary/aromatic N) is 1. The summed E-state index contributed by atoms with van der Waals surface area (Å²) in [6.45, 7) is 8.96. The van der Waals surface area contributed by atoms with E-state index >= 15 is 0 Å². The van der Waals surface area contributed by atoms with Crippen LogP contribution >= 0.6 is 0 Å². The number of allylic oxidation sites excluding steroid dienone is 1. The molecule has 0 bridgehead atoms. The van der Waals surface area contributed by atoms with E-state index in [4.69, 9.17) is 4.74 Å². The summed E-state index contributed by atoms with van der Waals surface area (Å²) < 4.78 is 32.1. The Morgan fingerprint density at radius 2 is 1.79 bits per heavy atom. The number of hydrogen-bond acceptors (Lipinski definition) is 7. The van der Waals surface area contributed by atoms with Crippen LogP contribution in [0.25, 0.3) is 0 Å². The predicted molar refractivity (Wildman–Crippen MR) is 143 cm³/mol. The van der Waals surface area contributed by atoms with E-state index in [0.717, 1.165) is 25.7 Å². The fraction of sp³-hybridized carbons (Fsp3) is 0.769. The van der Waals surface area contributed by atoms with Crippen molar-refractivity contribution < 1.29 is 32.3 Å². The quantitative estimate of drug-likeness (QED) is 0.233. The number of rotatable bonds is 13. The Morgan fingerprint density at radius 3 is 2.39 bits per heavy atom. The molecule has 1 saturated carbocycles. The monoisotopic (exact) mass is 556 g/mol. The molecule has 2 unspecified atom stereocenters. The standard InChI is InChI=1S/C26H44N4O7S/c1-6-7-8-9-10-12-18(2)22(24(33)29-38(35,36)19-14-15-19)28-23(32)20-13-11-16-30(20)21(31)17-27-25(34)37-26(3,4)5/h10,12,18-20,22H,6-9,11,13-17H2,1-5H3,(H,27,34)(H,28,32)(H,29,33)/b12-10-/t18?,20-,22?/m0/s1. The Balaban J connectivity index is 2.07. The van der Waals surface area contributed by atoms with E-state index in [0.29, 0.717) is 32.2 Å². The minimum Gasteiger partial charge on any atom is -0.444 e. The summed E-state index contributed by atoms with van der Waals surface area (Å²) in [6.07, 6.45) is 8.95. The van der Waals surface area contributed by atoms with E-state index in [9.17, 15) is 27.6 Å². The Morgan fingerprint density at radius 1 is 1.11 bits per heavy atom. The number of nitrogens with one attached hydrogen (secondary N) is 3. The van der Waals surface area contributed by atoms with Gasteiger partial charge in [0.1, 0.15) is 24.2 Å². The summed E-state index contributed by atoms with van der Waals surface area (Å²) in [5.74, 6) is -2.26. The maximum absolute atomic E-state index is 13.3. The number of hydrogen-bond donors (Lipinski definition) is 3. The van der Waals surface area contributed by atoms with Crippen LogP contribution in [0.15, 0.2) is 12.2 Å². The summed E-state index contributed by atoms with van der Waals surface area (Å²) in [4.78, 5) is 52.4. The molecule has 2 aliphatic rings. The molecule has 1 heterocycles. The molecule has 11 nitrogen and oxygen atoms in total. The maximum Gasteiger partial charge on any atom is 0.408 e. The van der Waals surface area contributed by atoms with Gasteiger partial charge in [-0.25, -0.2) is 13.2 Å². The van der Waals surface area contributed by atoms with Crippen molar-refractivity contribution in [3.05, 3.63) is 12.2 Å². The van der Waals surface area contributed by atoms with Crippen LogP contribution in [0.5, 0.6) is 0 Å². The number of carbonyl (C=O) groups is 4. The van der Waals surface area contributed by atoms with Gasteiger partial charge in [-0.2, -0.15) is 0 Å². The molecule has 0 aromatic carbocycles. The number of alkyl carbamates (subject to hydrolysis) is 1. The number of likely N-dealkylation sites (tertiary alicyclic amines) is 1. The lowest BCUT2D eigenvalue weighted by Gasteiger charge is -2.28. The van der Waals surface area contributed by atoms with Gasteiger partial charge in [-0.1, -0.05) is 38.8 Å². The minimum absolute atomic E-state index is 0.326. The summed E-state index contributed by atoms with van der Waals surface area (Å²) >= 11 is 0. The topological polar surface area (TPSA) is 151 Å². The fourth-order valence-electron chi connectivity index (χ4n) is 4.19. The maximum atomic E-state index is 13.3. The van der Waals surface area contributed by atoms with Crippen molar-refractivity contribution in [3.63, 3.8) is 0 Å². The highest BCUT2D eigenvalue weighted by Gasteiger charge is 2.40. The molecule has 3 atom stereocenters. The van der Waals surface area contributed by atoms with Crippen LogP contribution in [0.3, 0.4) is 0 Å².